The Morgan fingerprint density at radius 3 is 2.55 bits per heavy atom. The molecule has 2 N–H and O–H groups in total. The van der Waals surface area contributed by atoms with Crippen molar-refractivity contribution in [3.8, 4) is 0 Å². The second kappa shape index (κ2) is 5.98. The molecule has 2 aromatic rings. The summed E-state index contributed by atoms with van der Waals surface area (Å²) < 4.78 is 0. The molecule has 1 aromatic heterocycles. The Hall–Kier alpha value is -1.98. The Morgan fingerprint density at radius 2 is 2.00 bits per heavy atom. The van der Waals surface area contributed by atoms with Crippen LogP contribution in [0.5, 0.6) is 0 Å². The Kier molecular flexibility index (Phi) is 4.32. The van der Waals surface area contributed by atoms with Crippen molar-refractivity contribution in [2.45, 2.75) is 20.5 Å². The van der Waals surface area contributed by atoms with Crippen molar-refractivity contribution in [3.05, 3.63) is 52.1 Å². The molecular weight excluding hydrogens is 278 g/mol. The smallest absolute Gasteiger partial charge is 0.293 e. The molecule has 0 radical (unpaired) electrons. The summed E-state index contributed by atoms with van der Waals surface area (Å²) in [7, 11) is 0. The van der Waals surface area contributed by atoms with Crippen molar-refractivity contribution in [2.24, 2.45) is 0 Å². The zero-order valence-electron chi connectivity index (χ0n) is 11.1. The second-order valence-corrected chi connectivity index (χ2v) is 4.81. The van der Waals surface area contributed by atoms with E-state index in [9.17, 15) is 4.79 Å². The molecule has 0 aliphatic carbocycles. The van der Waals surface area contributed by atoms with E-state index in [1.807, 2.05) is 26.0 Å². The normalized spacial score (nSPS) is 10.4. The van der Waals surface area contributed by atoms with Gasteiger partial charge >= 0.3 is 0 Å². The summed E-state index contributed by atoms with van der Waals surface area (Å²) in [5, 5.41) is 12.1. The molecule has 2 rings (SSSR count). The van der Waals surface area contributed by atoms with Crippen molar-refractivity contribution in [3.63, 3.8) is 0 Å². The first-order chi connectivity index (χ1) is 9.51. The van der Waals surface area contributed by atoms with Gasteiger partial charge in [0.05, 0.1) is 6.61 Å². The molecule has 0 atom stereocenters. The maximum Gasteiger partial charge on any atom is 0.293 e. The highest BCUT2D eigenvalue weighted by Crippen LogP contribution is 2.22. The number of nitrogens with zero attached hydrogens (tertiary/aromatic N) is 2. The average molecular weight is 292 g/mol. The fraction of sp³-hybridized carbons (Fsp3) is 0.214. The third kappa shape index (κ3) is 3.12. The van der Waals surface area contributed by atoms with Crippen LogP contribution in [0, 0.1) is 13.8 Å². The van der Waals surface area contributed by atoms with Crippen LogP contribution in [0.25, 0.3) is 0 Å². The van der Waals surface area contributed by atoms with Crippen LogP contribution < -0.4 is 5.32 Å². The van der Waals surface area contributed by atoms with Gasteiger partial charge in [0.1, 0.15) is 5.15 Å². The van der Waals surface area contributed by atoms with Crippen LogP contribution in [-0.4, -0.2) is 21.0 Å². The number of benzene rings is 1. The number of aliphatic hydroxyl groups excluding tert-OH is 1. The van der Waals surface area contributed by atoms with Crippen LogP contribution in [0.3, 0.4) is 0 Å². The van der Waals surface area contributed by atoms with Crippen molar-refractivity contribution in [1.29, 1.82) is 0 Å². The van der Waals surface area contributed by atoms with Crippen molar-refractivity contribution >= 4 is 23.2 Å². The molecule has 5 nitrogen and oxygen atoms in total. The van der Waals surface area contributed by atoms with E-state index in [1.54, 1.807) is 0 Å². The number of carbonyl (C=O) groups is 1. The van der Waals surface area contributed by atoms with E-state index in [4.69, 9.17) is 16.7 Å². The van der Waals surface area contributed by atoms with E-state index in [1.165, 1.54) is 12.3 Å². The molecule has 1 heterocycles. The summed E-state index contributed by atoms with van der Waals surface area (Å²) in [4.78, 5) is 19.8. The minimum Gasteiger partial charge on any atom is -0.392 e. The van der Waals surface area contributed by atoms with Crippen LogP contribution >= 0.6 is 11.6 Å². The van der Waals surface area contributed by atoms with E-state index in [-0.39, 0.29) is 17.6 Å². The molecule has 20 heavy (non-hydrogen) atoms. The van der Waals surface area contributed by atoms with Crippen molar-refractivity contribution in [1.82, 2.24) is 9.97 Å². The highest BCUT2D eigenvalue weighted by atomic mass is 35.5. The Morgan fingerprint density at radius 1 is 1.35 bits per heavy atom. The van der Waals surface area contributed by atoms with Gasteiger partial charge in [-0.3, -0.25) is 4.79 Å². The van der Waals surface area contributed by atoms with E-state index in [2.05, 4.69) is 15.3 Å². The molecule has 1 aromatic carbocycles. The largest absolute Gasteiger partial charge is 0.392 e. The molecule has 0 saturated heterocycles. The Labute approximate surface area is 121 Å². The third-order valence-corrected chi connectivity index (χ3v) is 3.05. The standard InChI is InChI=1S/C14H14ClN3O2/c1-8-5-10(7-19)6-9(2)12(8)18-14(20)13-16-4-3-11(15)17-13/h3-6,19H,7H2,1-2H3,(H,18,20). The molecule has 0 spiro atoms. The summed E-state index contributed by atoms with van der Waals surface area (Å²) in [5.41, 5.74) is 3.22. The lowest BCUT2D eigenvalue weighted by Crippen LogP contribution is -2.17. The van der Waals surface area contributed by atoms with E-state index in [0.29, 0.717) is 5.69 Å². The van der Waals surface area contributed by atoms with Gasteiger partial charge in [-0.2, -0.15) is 0 Å². The second-order valence-electron chi connectivity index (χ2n) is 4.42. The van der Waals surface area contributed by atoms with Gasteiger partial charge in [-0.25, -0.2) is 9.97 Å². The monoisotopic (exact) mass is 291 g/mol. The quantitative estimate of drug-likeness (QED) is 0.852. The fourth-order valence-corrected chi connectivity index (χ4v) is 2.09. The third-order valence-electron chi connectivity index (χ3n) is 2.84. The van der Waals surface area contributed by atoms with Crippen LogP contribution in [0.2, 0.25) is 5.15 Å². The molecule has 0 saturated carbocycles. The summed E-state index contributed by atoms with van der Waals surface area (Å²) in [5.74, 6) is -0.405. The van der Waals surface area contributed by atoms with Gasteiger partial charge < -0.3 is 10.4 Å². The lowest BCUT2D eigenvalue weighted by molar-refractivity contribution is 0.101. The first kappa shape index (κ1) is 14.4. The van der Waals surface area contributed by atoms with Gasteiger partial charge in [-0.1, -0.05) is 23.7 Å². The Bertz CT molecular complexity index is 636. The predicted molar refractivity (Wildman–Crippen MR) is 76.8 cm³/mol. The maximum atomic E-state index is 12.1. The number of anilines is 1. The number of aryl methyl sites for hydroxylation is 2. The molecule has 0 aliphatic heterocycles. The number of hydrogen-bond donors (Lipinski definition) is 2. The zero-order valence-corrected chi connectivity index (χ0v) is 11.9. The van der Waals surface area contributed by atoms with Crippen LogP contribution in [-0.2, 0) is 6.61 Å². The Balaban J connectivity index is 2.28. The van der Waals surface area contributed by atoms with Crippen LogP contribution in [0.1, 0.15) is 27.3 Å². The minimum absolute atomic E-state index is 0.0162. The first-order valence-corrected chi connectivity index (χ1v) is 6.40. The van der Waals surface area contributed by atoms with Gasteiger partial charge in [-0.05, 0) is 36.6 Å². The van der Waals surface area contributed by atoms with E-state index >= 15 is 0 Å². The summed E-state index contributed by atoms with van der Waals surface area (Å²) >= 11 is 5.74. The number of halogens is 1. The number of amides is 1. The van der Waals surface area contributed by atoms with E-state index < -0.39 is 5.91 Å². The van der Waals surface area contributed by atoms with Gasteiger partial charge in [0.25, 0.3) is 5.91 Å². The van der Waals surface area contributed by atoms with E-state index in [0.717, 1.165) is 16.7 Å². The summed E-state index contributed by atoms with van der Waals surface area (Å²) in [6.45, 7) is 3.69. The first-order valence-electron chi connectivity index (χ1n) is 6.02. The molecule has 6 heteroatoms. The van der Waals surface area contributed by atoms with Crippen molar-refractivity contribution in [2.75, 3.05) is 5.32 Å². The molecule has 104 valence electrons. The number of carbonyl (C=O) groups excluding carboxylic acids is 1. The lowest BCUT2D eigenvalue weighted by atomic mass is 10.0. The topological polar surface area (TPSA) is 75.1 Å². The SMILES string of the molecule is Cc1cc(CO)cc(C)c1NC(=O)c1nccc(Cl)n1. The fourth-order valence-electron chi connectivity index (χ4n) is 1.96. The maximum absolute atomic E-state index is 12.1. The minimum atomic E-state index is -0.421. The molecule has 0 aliphatic rings. The van der Waals surface area contributed by atoms with Gasteiger partial charge in [0, 0.05) is 11.9 Å². The highest BCUT2D eigenvalue weighted by molar-refractivity contribution is 6.29. The molecule has 0 fully saturated rings. The number of hydrogen-bond acceptors (Lipinski definition) is 4. The van der Waals surface area contributed by atoms with Crippen molar-refractivity contribution < 1.29 is 9.90 Å². The predicted octanol–water partition coefficient (Wildman–Crippen LogP) is 2.49. The lowest BCUT2D eigenvalue weighted by Gasteiger charge is -2.12. The number of aliphatic hydroxyl groups is 1. The summed E-state index contributed by atoms with van der Waals surface area (Å²) in [6, 6.07) is 5.15. The molecule has 0 unspecified atom stereocenters. The van der Waals surface area contributed by atoms with Gasteiger partial charge in [-0.15, -0.1) is 0 Å². The molecule has 1 amide bonds. The van der Waals surface area contributed by atoms with Crippen LogP contribution in [0.15, 0.2) is 24.4 Å². The molecule has 0 bridgehead atoms. The zero-order chi connectivity index (χ0) is 14.7. The highest BCUT2D eigenvalue weighted by Gasteiger charge is 2.13. The van der Waals surface area contributed by atoms with Crippen LogP contribution in [0.4, 0.5) is 5.69 Å². The number of aromatic nitrogens is 2. The molecular formula is C14H14ClN3O2. The summed E-state index contributed by atoms with van der Waals surface area (Å²) in [6.07, 6.45) is 1.43. The number of rotatable bonds is 3. The van der Waals surface area contributed by atoms with Gasteiger partial charge in [0.15, 0.2) is 0 Å². The van der Waals surface area contributed by atoms with Gasteiger partial charge in [0.2, 0.25) is 5.82 Å². The average Bonchev–Trinajstić information content (AvgIpc) is 2.42. The number of nitrogens with one attached hydrogen (secondary N) is 1.